The van der Waals surface area contributed by atoms with Crippen LogP contribution in [0, 0.1) is 40.5 Å². The number of benzene rings is 2. The largest absolute Gasteiger partial charge is 0.508 e. The van der Waals surface area contributed by atoms with Crippen LogP contribution in [-0.2, 0) is 27.3 Å². The highest BCUT2D eigenvalue weighted by atomic mass is 16.6. The van der Waals surface area contributed by atoms with Gasteiger partial charge in [0.15, 0.2) is 5.69 Å². The maximum atomic E-state index is 10.6. The molecule has 2 N–H and O–H groups in total. The summed E-state index contributed by atoms with van der Waals surface area (Å²) in [6.45, 7) is -0.212. The van der Waals surface area contributed by atoms with Crippen LogP contribution in [0.4, 0.5) is 23.3 Å². The normalized spacial score (nSPS) is 9.93. The minimum atomic E-state index is -0.600. The second kappa shape index (κ2) is 14.2. The lowest BCUT2D eigenvalue weighted by Crippen LogP contribution is -2.05. The summed E-state index contributed by atoms with van der Waals surface area (Å²) in [6.07, 6.45) is 2.60. The molecule has 41 heavy (non-hydrogen) atoms. The Morgan fingerprint density at radius 1 is 0.756 bits per heavy atom. The van der Waals surface area contributed by atoms with Crippen LogP contribution in [0.2, 0.25) is 0 Å². The average molecular weight is 574 g/mol. The molecule has 0 bridgehead atoms. The first-order chi connectivity index (χ1) is 19.3. The van der Waals surface area contributed by atoms with E-state index in [-0.39, 0.29) is 42.2 Å². The summed E-state index contributed by atoms with van der Waals surface area (Å²) >= 11 is 0. The lowest BCUT2D eigenvalue weighted by Gasteiger charge is -2.04. The number of aliphatic hydroxyl groups excluding tert-OH is 1. The Bertz CT molecular complexity index is 1550. The molecule has 19 nitrogen and oxygen atoms in total. The summed E-state index contributed by atoms with van der Waals surface area (Å²) in [7, 11) is 2.98. The Morgan fingerprint density at radius 2 is 1.24 bits per heavy atom. The molecular weight excluding hydrogens is 552 g/mol. The molecule has 216 valence electrons. The Hall–Kier alpha value is -5.98. The van der Waals surface area contributed by atoms with Gasteiger partial charge in [-0.25, -0.2) is 9.13 Å². The summed E-state index contributed by atoms with van der Waals surface area (Å²) in [5.41, 5.74) is 0.735. The van der Waals surface area contributed by atoms with E-state index in [0.717, 1.165) is 6.07 Å². The number of nitrogens with zero attached hydrogens (tertiary/aromatic N) is 8. The Labute approximate surface area is 229 Å². The molecule has 2 heterocycles. The minimum absolute atomic E-state index is 0.0263. The number of rotatable bonds is 8. The fourth-order valence-corrected chi connectivity index (χ4v) is 2.94. The maximum absolute atomic E-state index is 10.6. The molecule has 0 spiro atoms. The van der Waals surface area contributed by atoms with Crippen LogP contribution in [-0.4, -0.2) is 49.0 Å². The number of aliphatic hydroxyl groups is 1. The molecular formula is C22H22N8O11. The summed E-state index contributed by atoms with van der Waals surface area (Å²) in [6, 6.07) is 10.9. The Kier molecular flexibility index (Phi) is 10.9. The number of phenolic OH excluding ortho intramolecular Hbond substituents is 1. The van der Waals surface area contributed by atoms with Crippen LogP contribution >= 0.6 is 0 Å². The van der Waals surface area contributed by atoms with Gasteiger partial charge in [0.05, 0.1) is 36.1 Å². The fraction of sp³-hybridized carbons (Fsp3) is 0.182. The highest BCUT2D eigenvalue weighted by molar-refractivity contribution is 5.38. The van der Waals surface area contributed by atoms with Gasteiger partial charge in [0, 0.05) is 12.1 Å². The van der Waals surface area contributed by atoms with E-state index in [9.17, 15) is 40.5 Å². The Morgan fingerprint density at radius 3 is 1.66 bits per heavy atom. The number of aromatic nitrogens is 4. The molecule has 0 aliphatic rings. The van der Waals surface area contributed by atoms with Gasteiger partial charge in [-0.1, -0.05) is 22.1 Å². The Balaban J connectivity index is 0.000000236. The van der Waals surface area contributed by atoms with Gasteiger partial charge in [-0.15, -0.1) is 0 Å². The molecule has 0 atom stereocenters. The predicted octanol–water partition coefficient (Wildman–Crippen LogP) is 2.94. The van der Waals surface area contributed by atoms with Crippen molar-refractivity contribution in [1.29, 1.82) is 0 Å². The van der Waals surface area contributed by atoms with Gasteiger partial charge in [0.2, 0.25) is 0 Å². The van der Waals surface area contributed by atoms with Gasteiger partial charge in [-0.2, -0.15) is 0 Å². The highest BCUT2D eigenvalue weighted by Gasteiger charge is 2.18. The summed E-state index contributed by atoms with van der Waals surface area (Å²) in [5, 5.41) is 58.9. The number of phenols is 1. The van der Waals surface area contributed by atoms with E-state index in [4.69, 9.17) is 14.9 Å². The van der Waals surface area contributed by atoms with Crippen LogP contribution in [0.3, 0.4) is 0 Å². The molecule has 0 fully saturated rings. The number of imidazole rings is 2. The molecule has 0 saturated carbocycles. The topological polar surface area (TPSA) is 258 Å². The second-order valence-corrected chi connectivity index (χ2v) is 7.71. The molecule has 0 aliphatic heterocycles. The van der Waals surface area contributed by atoms with Gasteiger partial charge in [-0.05, 0) is 22.0 Å². The number of ether oxygens (including phenoxy) is 1. The lowest BCUT2D eigenvalue weighted by atomic mass is 10.3. The van der Waals surface area contributed by atoms with Gasteiger partial charge in [0.25, 0.3) is 11.4 Å². The van der Waals surface area contributed by atoms with Crippen molar-refractivity contribution in [3.05, 3.63) is 113 Å². The van der Waals surface area contributed by atoms with Crippen LogP contribution in [0.25, 0.3) is 0 Å². The van der Waals surface area contributed by atoms with E-state index in [1.54, 1.807) is 6.07 Å². The first-order valence-electron chi connectivity index (χ1n) is 11.1. The zero-order chi connectivity index (χ0) is 30.7. The zero-order valence-corrected chi connectivity index (χ0v) is 21.3. The van der Waals surface area contributed by atoms with Crippen molar-refractivity contribution in [1.82, 2.24) is 19.1 Å². The van der Waals surface area contributed by atoms with E-state index in [1.807, 2.05) is 0 Å². The number of non-ortho nitro benzene ring substituents is 2. The molecule has 2 aromatic carbocycles. The van der Waals surface area contributed by atoms with E-state index in [1.165, 1.54) is 72.0 Å². The average Bonchev–Trinajstić information content (AvgIpc) is 3.50. The summed E-state index contributed by atoms with van der Waals surface area (Å²) in [5.74, 6) is -0.325. The van der Waals surface area contributed by atoms with Gasteiger partial charge in [0.1, 0.15) is 42.8 Å². The smallest absolute Gasteiger partial charge is 0.434 e. The lowest BCUT2D eigenvalue weighted by molar-refractivity contribution is -0.396. The number of aromatic hydroxyl groups is 1. The van der Waals surface area contributed by atoms with Crippen molar-refractivity contribution in [3.63, 3.8) is 0 Å². The highest BCUT2D eigenvalue weighted by Crippen LogP contribution is 2.21. The maximum Gasteiger partial charge on any atom is 0.434 e. The van der Waals surface area contributed by atoms with Crippen molar-refractivity contribution in [3.8, 4) is 11.5 Å². The molecule has 0 amide bonds. The fourth-order valence-electron chi connectivity index (χ4n) is 2.94. The third-order valence-electron chi connectivity index (χ3n) is 5.06. The van der Waals surface area contributed by atoms with E-state index in [2.05, 4.69) is 9.97 Å². The molecule has 0 saturated heterocycles. The van der Waals surface area contributed by atoms with Crippen molar-refractivity contribution in [2.45, 2.75) is 13.2 Å². The SMILES string of the molecule is Cn1c(CO)cnc1[N+](=O)[O-].Cn1c(COc2cccc([N+](=O)[O-])c2)cnc1[N+](=O)[O-].O=[N+]([O-])c1cccc(O)c1. The molecule has 0 aliphatic carbocycles. The van der Waals surface area contributed by atoms with Crippen molar-refractivity contribution >= 4 is 23.3 Å². The van der Waals surface area contributed by atoms with Gasteiger partial charge < -0.3 is 35.2 Å². The number of hydrogen-bond donors (Lipinski definition) is 2. The molecule has 19 heteroatoms. The van der Waals surface area contributed by atoms with Crippen molar-refractivity contribution in [2.75, 3.05) is 0 Å². The van der Waals surface area contributed by atoms with E-state index >= 15 is 0 Å². The van der Waals surface area contributed by atoms with Crippen LogP contribution in [0.1, 0.15) is 11.4 Å². The molecule has 4 rings (SSSR count). The third kappa shape index (κ3) is 8.78. The summed E-state index contributed by atoms with van der Waals surface area (Å²) < 4.78 is 7.89. The number of nitro groups is 4. The first-order valence-corrected chi connectivity index (χ1v) is 11.1. The predicted molar refractivity (Wildman–Crippen MR) is 138 cm³/mol. The van der Waals surface area contributed by atoms with Crippen molar-refractivity contribution < 1.29 is 34.6 Å². The molecule has 0 unspecified atom stereocenters. The van der Waals surface area contributed by atoms with E-state index in [0.29, 0.717) is 17.1 Å². The minimum Gasteiger partial charge on any atom is -0.508 e. The van der Waals surface area contributed by atoms with Gasteiger partial charge >= 0.3 is 11.9 Å². The zero-order valence-electron chi connectivity index (χ0n) is 21.3. The van der Waals surface area contributed by atoms with Crippen LogP contribution in [0.5, 0.6) is 11.5 Å². The van der Waals surface area contributed by atoms with E-state index < -0.39 is 19.7 Å². The number of hydrogen-bond acceptors (Lipinski definition) is 13. The summed E-state index contributed by atoms with van der Waals surface area (Å²) in [4.78, 5) is 46.4. The molecule has 0 radical (unpaired) electrons. The third-order valence-corrected chi connectivity index (χ3v) is 5.06. The quantitative estimate of drug-likeness (QED) is 0.227. The number of nitro benzene ring substituents is 2. The molecule has 2 aromatic heterocycles. The second-order valence-electron chi connectivity index (χ2n) is 7.71. The van der Waals surface area contributed by atoms with Crippen LogP contribution in [0.15, 0.2) is 60.9 Å². The first kappa shape index (κ1) is 31.2. The van der Waals surface area contributed by atoms with Crippen molar-refractivity contribution in [2.24, 2.45) is 14.1 Å². The molecule has 4 aromatic rings. The van der Waals surface area contributed by atoms with Crippen LogP contribution < -0.4 is 4.74 Å². The van der Waals surface area contributed by atoms with Gasteiger partial charge in [-0.3, -0.25) is 20.2 Å². The monoisotopic (exact) mass is 574 g/mol. The standard InChI is InChI=1S/C11H10N4O5.C6H5NO3.C5H7N3O3/c1-13-9(6-12-11(13)15(18)19)7-20-10-4-2-3-8(5-10)14(16)17;8-6-3-1-2-5(4-6)7(9)10;1-7-4(3-9)2-6-5(7)8(10)11/h2-6H,7H2,1H3;1-4,8H;2,9H,3H2,1H3.